The fraction of sp³-hybridized carbons (Fsp3) is 0.333. The van der Waals surface area contributed by atoms with Crippen LogP contribution in [0, 0.1) is 0 Å². The first-order valence-corrected chi connectivity index (χ1v) is 23.7. The molecule has 0 atom stereocenters. The van der Waals surface area contributed by atoms with Gasteiger partial charge < -0.3 is 34.6 Å². The lowest BCUT2D eigenvalue weighted by atomic mass is 10.0. The van der Waals surface area contributed by atoms with Crippen molar-refractivity contribution in [3.8, 4) is 22.5 Å². The minimum Gasteiger partial charge on any atom is -0.378 e. The quantitative estimate of drug-likeness (QED) is 0.109. The number of H-pyrrole nitrogens is 2. The lowest BCUT2D eigenvalue weighted by molar-refractivity contribution is 0.122. The van der Waals surface area contributed by atoms with Crippen molar-refractivity contribution in [1.29, 1.82) is 0 Å². The number of piperidine rings is 1. The first-order valence-electron chi connectivity index (χ1n) is 22.9. The molecule has 3 N–H and O–H groups in total. The monoisotopic (exact) mass is 887 g/mol. The number of aromatic amines is 2. The maximum atomic E-state index is 5.58. The third kappa shape index (κ3) is 10.5. The molecular formula is C51H57N11O2S. The van der Waals surface area contributed by atoms with E-state index in [9.17, 15) is 0 Å². The summed E-state index contributed by atoms with van der Waals surface area (Å²) in [4.78, 5) is 37.2. The second-order valence-electron chi connectivity index (χ2n) is 17.1. The Kier molecular flexibility index (Phi) is 13.4. The van der Waals surface area contributed by atoms with E-state index in [1.54, 1.807) is 11.3 Å². The smallest absolute Gasteiger partial charge is 0.225 e. The first kappa shape index (κ1) is 42.8. The number of thiophene rings is 1. The molecule has 0 spiro atoms. The molecule has 65 heavy (non-hydrogen) atoms. The number of fused-ring (bicyclic) bond motifs is 2. The SMILES string of the molecule is CN(Cc1nc(-c2cccc3[nH]ccc23)cc(N2CCOCC2)n1)Cc1cccs1.c1ccc(CN2CCC(Nc3nc(-c4cccc5[nH]ccc45)cc(N4CCOCC4)n3)CC2)cc1. The van der Waals surface area contributed by atoms with Crippen molar-refractivity contribution in [2.24, 2.45) is 0 Å². The fourth-order valence-electron chi connectivity index (χ4n) is 9.08. The van der Waals surface area contributed by atoms with Crippen molar-refractivity contribution in [2.75, 3.05) is 87.9 Å². The molecule has 14 heteroatoms. The number of morpholine rings is 2. The van der Waals surface area contributed by atoms with E-state index in [1.807, 2.05) is 12.4 Å². The van der Waals surface area contributed by atoms with Crippen molar-refractivity contribution in [1.82, 2.24) is 39.7 Å². The number of likely N-dealkylation sites (tertiary alicyclic amines) is 1. The maximum absolute atomic E-state index is 5.58. The Balaban J connectivity index is 0.000000155. The number of nitrogens with one attached hydrogen (secondary N) is 3. The second kappa shape index (κ2) is 20.3. The Morgan fingerprint density at radius 1 is 0.646 bits per heavy atom. The fourth-order valence-corrected chi connectivity index (χ4v) is 9.86. The van der Waals surface area contributed by atoms with Crippen LogP contribution in [0.4, 0.5) is 17.6 Å². The molecule has 11 rings (SSSR count). The lowest BCUT2D eigenvalue weighted by Gasteiger charge is -2.33. The van der Waals surface area contributed by atoms with Gasteiger partial charge in [-0.3, -0.25) is 9.80 Å². The number of ether oxygens (including phenoxy) is 2. The number of hydrogen-bond acceptors (Lipinski definition) is 12. The van der Waals surface area contributed by atoms with Crippen LogP contribution < -0.4 is 15.1 Å². The van der Waals surface area contributed by atoms with Crippen molar-refractivity contribution in [2.45, 2.75) is 38.5 Å². The van der Waals surface area contributed by atoms with Crippen molar-refractivity contribution in [3.05, 3.63) is 137 Å². The minimum atomic E-state index is 0.373. The summed E-state index contributed by atoms with van der Waals surface area (Å²) in [6.45, 7) is 11.1. The van der Waals surface area contributed by atoms with Crippen LogP contribution in [-0.4, -0.2) is 118 Å². The molecule has 3 aliphatic heterocycles. The number of nitrogens with zero attached hydrogens (tertiary/aromatic N) is 8. The third-order valence-electron chi connectivity index (χ3n) is 12.5. The Hall–Kier alpha value is -6.16. The molecule has 0 bridgehead atoms. The van der Waals surface area contributed by atoms with Crippen LogP contribution in [0.1, 0.15) is 29.1 Å². The van der Waals surface area contributed by atoms with Gasteiger partial charge in [0.15, 0.2) is 0 Å². The minimum absolute atomic E-state index is 0.373. The summed E-state index contributed by atoms with van der Waals surface area (Å²) in [6, 6.07) is 36.5. The van der Waals surface area contributed by atoms with Gasteiger partial charge in [-0.25, -0.2) is 15.0 Å². The molecule has 8 heterocycles. The molecule has 13 nitrogen and oxygen atoms in total. The maximum Gasteiger partial charge on any atom is 0.225 e. The van der Waals surface area contributed by atoms with Crippen LogP contribution >= 0.6 is 11.3 Å². The molecule has 3 saturated heterocycles. The summed E-state index contributed by atoms with van der Waals surface area (Å²) < 4.78 is 11.1. The highest BCUT2D eigenvalue weighted by molar-refractivity contribution is 7.09. The number of aromatic nitrogens is 6. The molecule has 0 unspecified atom stereocenters. The molecule has 0 aliphatic carbocycles. The van der Waals surface area contributed by atoms with Crippen molar-refractivity contribution in [3.63, 3.8) is 0 Å². The lowest BCUT2D eigenvalue weighted by Crippen LogP contribution is -2.39. The number of anilines is 3. The Morgan fingerprint density at radius 2 is 1.26 bits per heavy atom. The van der Waals surface area contributed by atoms with Gasteiger partial charge in [-0.15, -0.1) is 11.3 Å². The number of benzene rings is 3. The van der Waals surface area contributed by atoms with Crippen LogP contribution in [0.25, 0.3) is 44.3 Å². The van der Waals surface area contributed by atoms with Gasteiger partial charge in [-0.1, -0.05) is 60.7 Å². The Labute approximate surface area is 384 Å². The molecule has 8 aromatic rings. The highest BCUT2D eigenvalue weighted by Gasteiger charge is 2.23. The van der Waals surface area contributed by atoms with Crippen molar-refractivity contribution < 1.29 is 9.47 Å². The van der Waals surface area contributed by atoms with Gasteiger partial charge >= 0.3 is 0 Å². The Bertz CT molecular complexity index is 2760. The number of rotatable bonds is 12. The summed E-state index contributed by atoms with van der Waals surface area (Å²) in [6.07, 6.45) is 6.13. The van der Waals surface area contributed by atoms with Crippen LogP contribution in [0.2, 0.25) is 0 Å². The largest absolute Gasteiger partial charge is 0.378 e. The second-order valence-corrected chi connectivity index (χ2v) is 18.1. The predicted molar refractivity (Wildman–Crippen MR) is 263 cm³/mol. The van der Waals surface area contributed by atoms with Gasteiger partial charge in [-0.2, -0.15) is 4.98 Å². The zero-order chi connectivity index (χ0) is 43.8. The standard InChI is InChI=1S/C28H32N6O.C23H25N5OS/c1-2-5-21(6-3-1)20-33-13-10-22(11-14-33)30-28-31-26(19-27(32-28)34-15-17-35-18-16-34)23-7-4-8-25-24(23)9-12-29-25;1-27(15-17-4-3-13-30-17)16-22-25-21(14-23(26-22)28-9-11-29-12-10-28)18-5-2-6-20-19(18)7-8-24-20/h1-9,12,19,22,29H,10-11,13-18,20H2,(H,30,31,32);2-8,13-14,24H,9-12,15-16H2,1H3. The van der Waals surface area contributed by atoms with Crippen molar-refractivity contribution >= 4 is 50.7 Å². The van der Waals surface area contributed by atoms with E-state index < -0.39 is 0 Å². The molecule has 3 aliphatic rings. The van der Waals surface area contributed by atoms with Gasteiger partial charge in [0.05, 0.1) is 44.4 Å². The molecular weight excluding hydrogens is 831 g/mol. The summed E-state index contributed by atoms with van der Waals surface area (Å²) in [5.74, 6) is 3.52. The van der Waals surface area contributed by atoms with E-state index in [0.29, 0.717) is 12.6 Å². The molecule has 0 radical (unpaired) electrons. The number of hydrogen-bond donors (Lipinski definition) is 3. The summed E-state index contributed by atoms with van der Waals surface area (Å²) >= 11 is 1.78. The Morgan fingerprint density at radius 3 is 1.88 bits per heavy atom. The van der Waals surface area contributed by atoms with Gasteiger partial charge in [0, 0.05) is 121 Å². The highest BCUT2D eigenvalue weighted by Crippen LogP contribution is 2.32. The zero-order valence-electron chi connectivity index (χ0n) is 37.0. The van der Waals surface area contributed by atoms with Crippen LogP contribution in [0.5, 0.6) is 0 Å². The third-order valence-corrected chi connectivity index (χ3v) is 13.3. The summed E-state index contributed by atoms with van der Waals surface area (Å²) in [5, 5.41) is 8.16. The summed E-state index contributed by atoms with van der Waals surface area (Å²) in [5.41, 5.74) is 7.80. The molecule has 3 aromatic carbocycles. The average molecular weight is 888 g/mol. The molecule has 0 amide bonds. The van der Waals surface area contributed by atoms with Gasteiger partial charge in [-0.05, 0) is 61.2 Å². The summed E-state index contributed by atoms with van der Waals surface area (Å²) in [7, 11) is 2.12. The molecule has 5 aromatic heterocycles. The molecule has 334 valence electrons. The zero-order valence-corrected chi connectivity index (χ0v) is 37.8. The average Bonchev–Trinajstić information content (AvgIpc) is 4.17. The van der Waals surface area contributed by atoms with Gasteiger partial charge in [0.2, 0.25) is 5.95 Å². The van der Waals surface area contributed by atoms with E-state index in [1.165, 1.54) is 21.2 Å². The van der Waals surface area contributed by atoms with E-state index >= 15 is 0 Å². The van der Waals surface area contributed by atoms with E-state index in [-0.39, 0.29) is 0 Å². The predicted octanol–water partition coefficient (Wildman–Crippen LogP) is 8.69. The molecule has 3 fully saturated rings. The van der Waals surface area contributed by atoms with Gasteiger partial charge in [0.1, 0.15) is 17.5 Å². The van der Waals surface area contributed by atoms with Crippen LogP contribution in [0.15, 0.2) is 121 Å². The first-order chi connectivity index (χ1) is 32.1. The van der Waals surface area contributed by atoms with Crippen LogP contribution in [-0.2, 0) is 29.1 Å². The normalized spacial score (nSPS) is 16.3. The van der Waals surface area contributed by atoms with E-state index in [2.05, 4.69) is 150 Å². The van der Waals surface area contributed by atoms with Gasteiger partial charge in [0.25, 0.3) is 0 Å². The van der Waals surface area contributed by atoms with Crippen LogP contribution in [0.3, 0.4) is 0 Å². The topological polar surface area (TPSA) is 127 Å². The van der Waals surface area contributed by atoms with E-state index in [0.717, 1.165) is 149 Å². The molecule has 0 saturated carbocycles. The highest BCUT2D eigenvalue weighted by atomic mass is 32.1. The van der Waals surface area contributed by atoms with E-state index in [4.69, 9.17) is 29.4 Å².